The van der Waals surface area contributed by atoms with Gasteiger partial charge in [-0.25, -0.2) is 0 Å². The van der Waals surface area contributed by atoms with Crippen molar-refractivity contribution in [1.29, 1.82) is 0 Å². The molecule has 1 rings (SSSR count). The molecule has 0 saturated carbocycles. The highest BCUT2D eigenvalue weighted by Crippen LogP contribution is 2.34. The maximum Gasteiger partial charge on any atom is 0.573 e. The normalized spacial score (nSPS) is 11.3. The van der Waals surface area contributed by atoms with Crippen LogP contribution in [0.4, 0.5) is 13.2 Å². The Morgan fingerprint density at radius 2 is 1.93 bits per heavy atom. The van der Waals surface area contributed by atoms with Crippen LogP contribution in [0.3, 0.4) is 0 Å². The van der Waals surface area contributed by atoms with Gasteiger partial charge in [-0.2, -0.15) is 0 Å². The highest BCUT2D eigenvalue weighted by atomic mass is 32.2. The van der Waals surface area contributed by atoms with Gasteiger partial charge in [0.05, 0.1) is 7.11 Å². The molecule has 0 heterocycles. The first-order chi connectivity index (χ1) is 6.96. The Balaban J connectivity index is 3.01. The summed E-state index contributed by atoms with van der Waals surface area (Å²) in [5.74, 6) is 0.0846. The third kappa shape index (κ3) is 3.54. The van der Waals surface area contributed by atoms with Crippen molar-refractivity contribution in [2.75, 3.05) is 13.4 Å². The smallest absolute Gasteiger partial charge is 0.497 e. The fraction of sp³-hybridized carbons (Fsp3) is 0.333. The van der Waals surface area contributed by atoms with Crippen molar-refractivity contribution < 1.29 is 22.6 Å². The SMILES string of the molecule is COc1ccc(SC)c(OC(F)(F)F)c1. The monoisotopic (exact) mass is 238 g/mol. The molecule has 6 heteroatoms. The second kappa shape index (κ2) is 4.65. The zero-order valence-electron chi connectivity index (χ0n) is 8.09. The maximum atomic E-state index is 12.0. The Kier molecular flexibility index (Phi) is 3.73. The van der Waals surface area contributed by atoms with Gasteiger partial charge < -0.3 is 9.47 Å². The topological polar surface area (TPSA) is 18.5 Å². The molecular formula is C9H9F3O2S. The molecule has 2 nitrogen and oxygen atoms in total. The predicted molar refractivity (Wildman–Crippen MR) is 51.5 cm³/mol. The second-order valence-corrected chi connectivity index (χ2v) is 3.41. The van der Waals surface area contributed by atoms with E-state index in [0.29, 0.717) is 10.6 Å². The van der Waals surface area contributed by atoms with E-state index in [1.165, 1.54) is 31.0 Å². The summed E-state index contributed by atoms with van der Waals surface area (Å²) in [4.78, 5) is 0.410. The van der Waals surface area contributed by atoms with Crippen LogP contribution in [0.15, 0.2) is 23.1 Å². The van der Waals surface area contributed by atoms with Gasteiger partial charge in [0.2, 0.25) is 0 Å². The summed E-state index contributed by atoms with van der Waals surface area (Å²) in [7, 11) is 1.38. The van der Waals surface area contributed by atoms with Gasteiger partial charge >= 0.3 is 6.36 Å². The van der Waals surface area contributed by atoms with E-state index in [0.717, 1.165) is 0 Å². The maximum absolute atomic E-state index is 12.0. The third-order valence-electron chi connectivity index (χ3n) is 1.60. The van der Waals surface area contributed by atoms with Gasteiger partial charge in [-0.3, -0.25) is 0 Å². The average Bonchev–Trinajstić information content (AvgIpc) is 2.15. The Morgan fingerprint density at radius 3 is 2.40 bits per heavy atom. The first-order valence-electron chi connectivity index (χ1n) is 3.94. The summed E-state index contributed by atoms with van der Waals surface area (Å²) in [5.41, 5.74) is 0. The Hall–Kier alpha value is -1.04. The molecule has 0 bridgehead atoms. The van der Waals surface area contributed by atoms with Crippen molar-refractivity contribution in [3.05, 3.63) is 18.2 Å². The standard InChI is InChI=1S/C9H9F3O2S/c1-13-6-3-4-8(15-2)7(5-6)14-9(10,11)12/h3-5H,1-2H3. The number of thioether (sulfide) groups is 1. The molecule has 0 spiro atoms. The lowest BCUT2D eigenvalue weighted by Gasteiger charge is -2.12. The van der Waals surface area contributed by atoms with Crippen LogP contribution in [0.25, 0.3) is 0 Å². The molecule has 0 aromatic heterocycles. The summed E-state index contributed by atoms with van der Waals surface area (Å²) in [6.45, 7) is 0. The van der Waals surface area contributed by atoms with E-state index in [-0.39, 0.29) is 5.75 Å². The molecule has 0 fully saturated rings. The lowest BCUT2D eigenvalue weighted by Crippen LogP contribution is -2.17. The van der Waals surface area contributed by atoms with Crippen LogP contribution in [-0.2, 0) is 0 Å². The van der Waals surface area contributed by atoms with Crippen molar-refractivity contribution in [3.63, 3.8) is 0 Å². The molecule has 0 saturated heterocycles. The average molecular weight is 238 g/mol. The number of hydrogen-bond donors (Lipinski definition) is 0. The second-order valence-electron chi connectivity index (χ2n) is 2.56. The van der Waals surface area contributed by atoms with Crippen molar-refractivity contribution in [2.45, 2.75) is 11.3 Å². The molecule has 1 aromatic rings. The molecule has 1 aromatic carbocycles. The third-order valence-corrected chi connectivity index (χ3v) is 2.37. The van der Waals surface area contributed by atoms with E-state index in [4.69, 9.17) is 4.74 Å². The van der Waals surface area contributed by atoms with Crippen LogP contribution in [-0.4, -0.2) is 19.7 Å². The van der Waals surface area contributed by atoms with E-state index in [9.17, 15) is 13.2 Å². The quantitative estimate of drug-likeness (QED) is 0.752. The van der Waals surface area contributed by atoms with Crippen LogP contribution in [0.5, 0.6) is 11.5 Å². The van der Waals surface area contributed by atoms with Crippen molar-refractivity contribution in [3.8, 4) is 11.5 Å². The molecule has 0 aliphatic rings. The molecule has 0 atom stereocenters. The van der Waals surface area contributed by atoms with Gasteiger partial charge in [-0.1, -0.05) is 0 Å². The molecule has 0 amide bonds. The summed E-state index contributed by atoms with van der Waals surface area (Å²) in [6.07, 6.45) is -3.01. The number of rotatable bonds is 3. The number of halogens is 3. The minimum Gasteiger partial charge on any atom is -0.497 e. The van der Waals surface area contributed by atoms with Gasteiger partial charge in [0, 0.05) is 11.0 Å². The lowest BCUT2D eigenvalue weighted by molar-refractivity contribution is -0.275. The molecule has 0 radical (unpaired) electrons. The molecule has 15 heavy (non-hydrogen) atoms. The first kappa shape index (κ1) is 12.0. The minimum atomic E-state index is -4.68. The summed E-state index contributed by atoms with van der Waals surface area (Å²) in [6, 6.07) is 4.30. The minimum absolute atomic E-state index is 0.241. The van der Waals surface area contributed by atoms with Crippen molar-refractivity contribution in [2.24, 2.45) is 0 Å². The summed E-state index contributed by atoms with van der Waals surface area (Å²) in [5, 5.41) is 0. The Labute approximate surface area is 89.4 Å². The number of ether oxygens (including phenoxy) is 2. The van der Waals surface area contributed by atoms with E-state index in [1.54, 1.807) is 12.3 Å². The largest absolute Gasteiger partial charge is 0.573 e. The van der Waals surface area contributed by atoms with Gasteiger partial charge in [-0.15, -0.1) is 24.9 Å². The number of alkyl halides is 3. The van der Waals surface area contributed by atoms with Crippen molar-refractivity contribution in [1.82, 2.24) is 0 Å². The van der Waals surface area contributed by atoms with Crippen LogP contribution in [0.1, 0.15) is 0 Å². The number of benzene rings is 1. The van der Waals surface area contributed by atoms with E-state index >= 15 is 0 Å². The fourth-order valence-electron chi connectivity index (χ4n) is 0.988. The van der Waals surface area contributed by atoms with Gasteiger partial charge in [0.1, 0.15) is 11.5 Å². The zero-order valence-corrected chi connectivity index (χ0v) is 8.91. The lowest BCUT2D eigenvalue weighted by atomic mass is 10.3. The molecule has 0 unspecified atom stereocenters. The van der Waals surface area contributed by atoms with Crippen LogP contribution in [0.2, 0.25) is 0 Å². The number of methoxy groups -OCH3 is 1. The van der Waals surface area contributed by atoms with E-state index in [1.807, 2.05) is 0 Å². The Bertz CT molecular complexity index is 339. The molecule has 84 valence electrons. The fourth-order valence-corrected chi connectivity index (χ4v) is 1.49. The zero-order chi connectivity index (χ0) is 11.5. The first-order valence-corrected chi connectivity index (χ1v) is 5.16. The van der Waals surface area contributed by atoms with Gasteiger partial charge in [0.15, 0.2) is 0 Å². The van der Waals surface area contributed by atoms with Crippen molar-refractivity contribution >= 4 is 11.8 Å². The molecular weight excluding hydrogens is 229 g/mol. The van der Waals surface area contributed by atoms with Gasteiger partial charge in [-0.05, 0) is 18.4 Å². The molecule has 0 aliphatic heterocycles. The molecule has 0 aliphatic carbocycles. The van der Waals surface area contributed by atoms with E-state index in [2.05, 4.69) is 4.74 Å². The van der Waals surface area contributed by atoms with Gasteiger partial charge in [0.25, 0.3) is 0 Å². The summed E-state index contributed by atoms with van der Waals surface area (Å²) < 4.78 is 44.7. The van der Waals surface area contributed by atoms with E-state index < -0.39 is 6.36 Å². The van der Waals surface area contributed by atoms with Crippen LogP contribution in [0, 0.1) is 0 Å². The predicted octanol–water partition coefficient (Wildman–Crippen LogP) is 3.32. The Morgan fingerprint density at radius 1 is 1.27 bits per heavy atom. The molecule has 0 N–H and O–H groups in total. The number of hydrogen-bond acceptors (Lipinski definition) is 3. The highest BCUT2D eigenvalue weighted by molar-refractivity contribution is 7.98. The highest BCUT2D eigenvalue weighted by Gasteiger charge is 2.32. The van der Waals surface area contributed by atoms with Crippen LogP contribution < -0.4 is 9.47 Å². The van der Waals surface area contributed by atoms with Crippen LogP contribution >= 0.6 is 11.8 Å². The summed E-state index contributed by atoms with van der Waals surface area (Å²) >= 11 is 1.17.